The van der Waals surface area contributed by atoms with Crippen LogP contribution < -0.4 is 14.8 Å². The number of aromatic nitrogens is 2. The molecule has 2 aromatic carbocycles. The molecule has 3 aromatic rings. The molecular weight excluding hydrogens is 322 g/mol. The lowest BCUT2D eigenvalue weighted by molar-refractivity contribution is 0.0916. The Kier molecular flexibility index (Phi) is 4.94. The first-order chi connectivity index (χ1) is 12.2. The minimum Gasteiger partial charge on any atom is -0.497 e. The smallest absolute Gasteiger partial charge is 0.309 e. The third-order valence-corrected chi connectivity index (χ3v) is 3.57. The number of carbonyl (C=O) groups is 1. The van der Waals surface area contributed by atoms with Crippen molar-refractivity contribution in [2.75, 3.05) is 14.2 Å². The van der Waals surface area contributed by atoms with Crippen molar-refractivity contribution in [3.8, 4) is 23.0 Å². The minimum atomic E-state index is -0.451. The van der Waals surface area contributed by atoms with Crippen LogP contribution in [0.1, 0.15) is 16.2 Å². The lowest BCUT2D eigenvalue weighted by atomic mass is 10.2. The van der Waals surface area contributed by atoms with Crippen molar-refractivity contribution in [2.24, 2.45) is 0 Å². The first-order valence-corrected chi connectivity index (χ1v) is 7.59. The Morgan fingerprint density at radius 1 is 1.08 bits per heavy atom. The van der Waals surface area contributed by atoms with Gasteiger partial charge in [-0.3, -0.25) is 4.79 Å². The lowest BCUT2D eigenvalue weighted by Crippen LogP contribution is -2.23. The second kappa shape index (κ2) is 7.48. The molecule has 0 aliphatic rings. The molecule has 1 aromatic heterocycles. The predicted octanol–water partition coefficient (Wildman–Crippen LogP) is 2.68. The van der Waals surface area contributed by atoms with E-state index in [0.29, 0.717) is 23.6 Å². The molecule has 3 rings (SSSR count). The molecular formula is C18H17N3O4. The Bertz CT molecular complexity index is 876. The predicted molar refractivity (Wildman–Crippen MR) is 90.5 cm³/mol. The van der Waals surface area contributed by atoms with Gasteiger partial charge in [0.05, 0.1) is 14.2 Å². The third kappa shape index (κ3) is 3.77. The van der Waals surface area contributed by atoms with Gasteiger partial charge in [0.15, 0.2) is 0 Å². The molecule has 0 unspecified atom stereocenters. The van der Waals surface area contributed by atoms with Crippen molar-refractivity contribution in [1.29, 1.82) is 0 Å². The van der Waals surface area contributed by atoms with Crippen LogP contribution in [0.15, 0.2) is 52.9 Å². The zero-order chi connectivity index (χ0) is 17.6. The van der Waals surface area contributed by atoms with Crippen LogP contribution >= 0.6 is 0 Å². The number of hydrogen-bond acceptors (Lipinski definition) is 6. The Labute approximate surface area is 144 Å². The Balaban J connectivity index is 1.70. The SMILES string of the molecule is COc1cccc(-c2nnc(C(=O)NCc3ccccc3OC)o2)c1. The summed E-state index contributed by atoms with van der Waals surface area (Å²) in [5.41, 5.74) is 1.53. The summed E-state index contributed by atoms with van der Waals surface area (Å²) in [5, 5.41) is 10.5. The molecule has 1 N–H and O–H groups in total. The average molecular weight is 339 g/mol. The van der Waals surface area contributed by atoms with Crippen LogP contribution in [-0.4, -0.2) is 30.3 Å². The van der Waals surface area contributed by atoms with E-state index in [-0.39, 0.29) is 11.8 Å². The largest absolute Gasteiger partial charge is 0.497 e. The number of hydrogen-bond donors (Lipinski definition) is 1. The number of amides is 1. The van der Waals surface area contributed by atoms with Gasteiger partial charge >= 0.3 is 11.8 Å². The Hall–Kier alpha value is -3.35. The highest BCUT2D eigenvalue weighted by Crippen LogP contribution is 2.22. The number of carbonyl (C=O) groups excluding carboxylic acids is 1. The number of nitrogens with one attached hydrogen (secondary N) is 1. The van der Waals surface area contributed by atoms with Gasteiger partial charge in [-0.2, -0.15) is 0 Å². The van der Waals surface area contributed by atoms with Crippen LogP contribution in [-0.2, 0) is 6.54 Å². The van der Waals surface area contributed by atoms with Crippen molar-refractivity contribution in [1.82, 2.24) is 15.5 Å². The van der Waals surface area contributed by atoms with Crippen molar-refractivity contribution in [3.63, 3.8) is 0 Å². The van der Waals surface area contributed by atoms with E-state index in [0.717, 1.165) is 5.56 Å². The van der Waals surface area contributed by atoms with Gasteiger partial charge in [-0.1, -0.05) is 24.3 Å². The van der Waals surface area contributed by atoms with E-state index < -0.39 is 5.91 Å². The van der Waals surface area contributed by atoms with Crippen LogP contribution in [0.25, 0.3) is 11.5 Å². The van der Waals surface area contributed by atoms with E-state index in [4.69, 9.17) is 13.9 Å². The number of methoxy groups -OCH3 is 2. The molecule has 0 aliphatic heterocycles. The topological polar surface area (TPSA) is 86.5 Å². The molecule has 0 radical (unpaired) electrons. The molecule has 7 heteroatoms. The van der Waals surface area contributed by atoms with Gasteiger partial charge in [0.2, 0.25) is 5.89 Å². The van der Waals surface area contributed by atoms with Crippen molar-refractivity contribution >= 4 is 5.91 Å². The number of para-hydroxylation sites is 1. The summed E-state index contributed by atoms with van der Waals surface area (Å²) in [5.74, 6) is 1.06. The fourth-order valence-corrected chi connectivity index (χ4v) is 2.29. The van der Waals surface area contributed by atoms with E-state index in [1.54, 1.807) is 38.5 Å². The maximum atomic E-state index is 12.2. The number of nitrogens with zero attached hydrogens (tertiary/aromatic N) is 2. The molecule has 0 saturated carbocycles. The lowest BCUT2D eigenvalue weighted by Gasteiger charge is -2.08. The van der Waals surface area contributed by atoms with Gasteiger partial charge in [0.1, 0.15) is 11.5 Å². The summed E-state index contributed by atoms with van der Waals surface area (Å²) < 4.78 is 15.9. The van der Waals surface area contributed by atoms with Crippen LogP contribution in [0.3, 0.4) is 0 Å². The zero-order valence-electron chi connectivity index (χ0n) is 13.9. The summed E-state index contributed by atoms with van der Waals surface area (Å²) in [6.07, 6.45) is 0. The molecule has 1 amide bonds. The van der Waals surface area contributed by atoms with E-state index in [2.05, 4.69) is 15.5 Å². The monoisotopic (exact) mass is 339 g/mol. The van der Waals surface area contributed by atoms with E-state index >= 15 is 0 Å². The van der Waals surface area contributed by atoms with Gasteiger partial charge in [0, 0.05) is 17.7 Å². The molecule has 0 atom stereocenters. The molecule has 128 valence electrons. The second-order valence-corrected chi connectivity index (χ2v) is 5.14. The number of ether oxygens (including phenoxy) is 2. The van der Waals surface area contributed by atoms with Gasteiger partial charge in [0.25, 0.3) is 0 Å². The van der Waals surface area contributed by atoms with Crippen LogP contribution in [0.5, 0.6) is 11.5 Å². The van der Waals surface area contributed by atoms with Crippen molar-refractivity contribution in [3.05, 3.63) is 60.0 Å². The summed E-state index contributed by atoms with van der Waals surface area (Å²) in [6.45, 7) is 0.291. The third-order valence-electron chi connectivity index (χ3n) is 3.57. The highest BCUT2D eigenvalue weighted by molar-refractivity contribution is 5.89. The first-order valence-electron chi connectivity index (χ1n) is 7.59. The summed E-state index contributed by atoms with van der Waals surface area (Å²) in [7, 11) is 3.16. The molecule has 25 heavy (non-hydrogen) atoms. The van der Waals surface area contributed by atoms with Gasteiger partial charge in [-0.25, -0.2) is 0 Å². The van der Waals surface area contributed by atoms with E-state index in [1.165, 1.54) is 0 Å². The van der Waals surface area contributed by atoms with Crippen molar-refractivity contribution < 1.29 is 18.7 Å². The van der Waals surface area contributed by atoms with E-state index in [9.17, 15) is 4.79 Å². The number of benzene rings is 2. The molecule has 0 fully saturated rings. The Morgan fingerprint density at radius 3 is 2.72 bits per heavy atom. The molecule has 0 spiro atoms. The molecule has 0 bridgehead atoms. The summed E-state index contributed by atoms with van der Waals surface area (Å²) in [6, 6.07) is 14.6. The average Bonchev–Trinajstić information content (AvgIpc) is 3.16. The quantitative estimate of drug-likeness (QED) is 0.743. The van der Waals surface area contributed by atoms with Crippen LogP contribution in [0, 0.1) is 0 Å². The second-order valence-electron chi connectivity index (χ2n) is 5.14. The highest BCUT2D eigenvalue weighted by Gasteiger charge is 2.16. The zero-order valence-corrected chi connectivity index (χ0v) is 13.9. The molecule has 0 aliphatic carbocycles. The van der Waals surface area contributed by atoms with Crippen LogP contribution in [0.4, 0.5) is 0 Å². The van der Waals surface area contributed by atoms with Crippen molar-refractivity contribution in [2.45, 2.75) is 6.54 Å². The van der Waals surface area contributed by atoms with E-state index in [1.807, 2.05) is 24.3 Å². The highest BCUT2D eigenvalue weighted by atomic mass is 16.5. The normalized spacial score (nSPS) is 10.3. The fraction of sp³-hybridized carbons (Fsp3) is 0.167. The van der Waals surface area contributed by atoms with Crippen LogP contribution in [0.2, 0.25) is 0 Å². The van der Waals surface area contributed by atoms with Gasteiger partial charge in [-0.15, -0.1) is 10.2 Å². The number of rotatable bonds is 6. The maximum Gasteiger partial charge on any atom is 0.309 e. The molecule has 1 heterocycles. The fourth-order valence-electron chi connectivity index (χ4n) is 2.29. The minimum absolute atomic E-state index is 0.104. The maximum absolute atomic E-state index is 12.2. The molecule has 0 saturated heterocycles. The summed E-state index contributed by atoms with van der Waals surface area (Å²) in [4.78, 5) is 12.2. The van der Waals surface area contributed by atoms with Gasteiger partial charge in [-0.05, 0) is 24.3 Å². The standard InChI is InChI=1S/C18H17N3O4/c1-23-14-8-5-7-12(10-14)17-20-21-18(25-17)16(22)19-11-13-6-3-4-9-15(13)24-2/h3-10H,11H2,1-2H3,(H,19,22). The Morgan fingerprint density at radius 2 is 1.92 bits per heavy atom. The van der Waals surface area contributed by atoms with Gasteiger partial charge < -0.3 is 19.2 Å². The first kappa shape index (κ1) is 16.5. The molecule has 7 nitrogen and oxygen atoms in total. The summed E-state index contributed by atoms with van der Waals surface area (Å²) >= 11 is 0.